The highest BCUT2D eigenvalue weighted by Gasteiger charge is 2.22. The Morgan fingerprint density at radius 1 is 1.21 bits per heavy atom. The van der Waals surface area contributed by atoms with Gasteiger partial charge in [-0.05, 0) is 51.2 Å². The molecule has 1 fully saturated rings. The summed E-state index contributed by atoms with van der Waals surface area (Å²) in [5.74, 6) is 2.59. The summed E-state index contributed by atoms with van der Waals surface area (Å²) < 4.78 is 5.80. The van der Waals surface area contributed by atoms with E-state index in [1.54, 1.807) is 0 Å². The van der Waals surface area contributed by atoms with E-state index < -0.39 is 0 Å². The lowest BCUT2D eigenvalue weighted by Gasteiger charge is -2.36. The van der Waals surface area contributed by atoms with Crippen molar-refractivity contribution in [1.82, 2.24) is 15.6 Å². The summed E-state index contributed by atoms with van der Waals surface area (Å²) in [7, 11) is 1.81. The van der Waals surface area contributed by atoms with Gasteiger partial charge in [-0.3, -0.25) is 4.99 Å². The standard InChI is InChI=1S/C21H37N5O.HI/c1-15(2)7-8-16(3)25-21(22-6)24-12-19-9-10-20(23-11-19)26-13-17(4)27-18(5)14-26;/h9-11,15-18H,7-8,12-14H2,1-6H3,(H2,22,24,25);1H. The van der Waals surface area contributed by atoms with Gasteiger partial charge in [-0.25, -0.2) is 4.98 Å². The Bertz CT molecular complexity index is 583. The number of ether oxygens (including phenoxy) is 1. The summed E-state index contributed by atoms with van der Waals surface area (Å²) >= 11 is 0. The van der Waals surface area contributed by atoms with Crippen LogP contribution in [0, 0.1) is 5.92 Å². The van der Waals surface area contributed by atoms with Gasteiger partial charge in [0.25, 0.3) is 0 Å². The molecule has 0 bridgehead atoms. The second-order valence-corrected chi connectivity index (χ2v) is 8.13. The molecule has 1 aromatic rings. The van der Waals surface area contributed by atoms with Crippen LogP contribution in [0.25, 0.3) is 0 Å². The van der Waals surface area contributed by atoms with Crippen molar-refractivity contribution in [1.29, 1.82) is 0 Å². The summed E-state index contributed by atoms with van der Waals surface area (Å²) in [6.07, 6.45) is 4.79. The molecule has 0 saturated carbocycles. The highest BCUT2D eigenvalue weighted by atomic mass is 127. The minimum Gasteiger partial charge on any atom is -0.372 e. The lowest BCUT2D eigenvalue weighted by molar-refractivity contribution is -0.00545. The maximum Gasteiger partial charge on any atom is 0.191 e. The molecule has 0 radical (unpaired) electrons. The smallest absolute Gasteiger partial charge is 0.191 e. The second kappa shape index (κ2) is 12.5. The van der Waals surface area contributed by atoms with Gasteiger partial charge in [0.05, 0.1) is 12.2 Å². The van der Waals surface area contributed by atoms with Crippen LogP contribution >= 0.6 is 24.0 Å². The Morgan fingerprint density at radius 2 is 1.89 bits per heavy atom. The molecule has 0 aliphatic carbocycles. The van der Waals surface area contributed by atoms with E-state index >= 15 is 0 Å². The van der Waals surface area contributed by atoms with Gasteiger partial charge in [0, 0.05) is 38.9 Å². The molecular formula is C21H38IN5O. The molecule has 3 unspecified atom stereocenters. The van der Waals surface area contributed by atoms with Crippen molar-refractivity contribution in [3.63, 3.8) is 0 Å². The fourth-order valence-electron chi connectivity index (χ4n) is 3.34. The third kappa shape index (κ3) is 8.51. The van der Waals surface area contributed by atoms with Crippen LogP contribution in [-0.2, 0) is 11.3 Å². The van der Waals surface area contributed by atoms with Crippen molar-refractivity contribution in [2.45, 2.75) is 72.3 Å². The zero-order valence-corrected chi connectivity index (χ0v) is 20.6. The second-order valence-electron chi connectivity index (χ2n) is 8.13. The molecule has 0 amide bonds. The van der Waals surface area contributed by atoms with Crippen LogP contribution in [0.5, 0.6) is 0 Å². The van der Waals surface area contributed by atoms with Crippen LogP contribution in [-0.4, -0.2) is 49.3 Å². The topological polar surface area (TPSA) is 61.8 Å². The van der Waals surface area contributed by atoms with Gasteiger partial charge in [-0.2, -0.15) is 0 Å². The Kier molecular flexibility index (Phi) is 11.1. The number of hydrogen-bond acceptors (Lipinski definition) is 4. The molecule has 1 saturated heterocycles. The summed E-state index contributed by atoms with van der Waals surface area (Å²) in [6.45, 7) is 13.4. The number of rotatable bonds is 7. The maximum absolute atomic E-state index is 5.80. The molecule has 7 heteroatoms. The van der Waals surface area contributed by atoms with Gasteiger partial charge in [-0.1, -0.05) is 19.9 Å². The number of guanidine groups is 1. The molecule has 2 N–H and O–H groups in total. The van der Waals surface area contributed by atoms with Gasteiger partial charge in [-0.15, -0.1) is 24.0 Å². The number of anilines is 1. The Labute approximate surface area is 187 Å². The predicted molar refractivity (Wildman–Crippen MR) is 129 cm³/mol. The Hall–Kier alpha value is -1.09. The lowest BCUT2D eigenvalue weighted by Crippen LogP contribution is -2.45. The molecule has 0 spiro atoms. The van der Waals surface area contributed by atoms with Crippen molar-refractivity contribution < 1.29 is 4.74 Å². The van der Waals surface area contributed by atoms with E-state index in [9.17, 15) is 0 Å². The average Bonchev–Trinajstić information content (AvgIpc) is 2.63. The number of hydrogen-bond donors (Lipinski definition) is 2. The van der Waals surface area contributed by atoms with Crippen LogP contribution in [0.1, 0.15) is 53.0 Å². The Morgan fingerprint density at radius 3 is 2.43 bits per heavy atom. The van der Waals surface area contributed by atoms with Crippen molar-refractivity contribution in [3.8, 4) is 0 Å². The number of halogens is 1. The molecule has 2 heterocycles. The molecule has 1 aliphatic rings. The van der Waals surface area contributed by atoms with Gasteiger partial charge in [0.1, 0.15) is 5.82 Å². The van der Waals surface area contributed by atoms with Crippen molar-refractivity contribution >= 4 is 35.8 Å². The predicted octanol–water partition coefficient (Wildman–Crippen LogP) is 3.80. The fourth-order valence-corrected chi connectivity index (χ4v) is 3.34. The van der Waals surface area contributed by atoms with Crippen molar-refractivity contribution in [2.75, 3.05) is 25.0 Å². The molecule has 1 aliphatic heterocycles. The average molecular weight is 503 g/mol. The number of aromatic nitrogens is 1. The number of morpholine rings is 1. The minimum absolute atomic E-state index is 0. The maximum atomic E-state index is 5.80. The van der Waals surface area contributed by atoms with E-state index in [4.69, 9.17) is 4.74 Å². The van der Waals surface area contributed by atoms with E-state index in [-0.39, 0.29) is 36.2 Å². The van der Waals surface area contributed by atoms with Crippen molar-refractivity contribution in [3.05, 3.63) is 23.9 Å². The first kappa shape index (κ1) is 24.9. The van der Waals surface area contributed by atoms with Crippen LogP contribution < -0.4 is 15.5 Å². The van der Waals surface area contributed by atoms with Gasteiger partial charge in [0.15, 0.2) is 5.96 Å². The van der Waals surface area contributed by atoms with E-state index in [1.165, 1.54) is 6.42 Å². The number of nitrogens with zero attached hydrogens (tertiary/aromatic N) is 3. The normalized spacial score (nSPS) is 21.2. The summed E-state index contributed by atoms with van der Waals surface area (Å²) in [5.41, 5.74) is 1.14. The molecule has 0 aromatic carbocycles. The van der Waals surface area contributed by atoms with E-state index in [0.717, 1.165) is 42.8 Å². The fraction of sp³-hybridized carbons (Fsp3) is 0.714. The summed E-state index contributed by atoms with van der Waals surface area (Å²) in [6, 6.07) is 4.64. The SMILES string of the molecule is CN=C(NCc1ccc(N2CC(C)OC(C)C2)nc1)NC(C)CCC(C)C.I. The largest absolute Gasteiger partial charge is 0.372 e. The molecule has 160 valence electrons. The quantitative estimate of drug-likeness (QED) is 0.337. The zero-order valence-electron chi connectivity index (χ0n) is 18.2. The molecule has 28 heavy (non-hydrogen) atoms. The molecule has 1 aromatic heterocycles. The molecule has 3 atom stereocenters. The van der Waals surface area contributed by atoms with Crippen LogP contribution in [0.15, 0.2) is 23.3 Å². The van der Waals surface area contributed by atoms with Crippen molar-refractivity contribution in [2.24, 2.45) is 10.9 Å². The molecule has 6 nitrogen and oxygen atoms in total. The summed E-state index contributed by atoms with van der Waals surface area (Å²) in [4.78, 5) is 11.3. The first-order chi connectivity index (χ1) is 12.9. The van der Waals surface area contributed by atoms with Crippen LogP contribution in [0.4, 0.5) is 5.82 Å². The third-order valence-electron chi connectivity index (χ3n) is 4.80. The van der Waals surface area contributed by atoms with E-state index in [2.05, 4.69) is 72.3 Å². The van der Waals surface area contributed by atoms with Gasteiger partial charge in [0.2, 0.25) is 0 Å². The lowest BCUT2D eigenvalue weighted by atomic mass is 10.0. The summed E-state index contributed by atoms with van der Waals surface area (Å²) in [5, 5.41) is 6.84. The first-order valence-electron chi connectivity index (χ1n) is 10.2. The molecule has 2 rings (SSSR count). The highest BCUT2D eigenvalue weighted by molar-refractivity contribution is 14.0. The van der Waals surface area contributed by atoms with Crippen LogP contribution in [0.2, 0.25) is 0 Å². The number of nitrogens with one attached hydrogen (secondary N) is 2. The van der Waals surface area contributed by atoms with Gasteiger partial charge < -0.3 is 20.3 Å². The van der Waals surface area contributed by atoms with Gasteiger partial charge >= 0.3 is 0 Å². The Balaban J connectivity index is 0.00000392. The molecular weight excluding hydrogens is 465 g/mol. The number of pyridine rings is 1. The van der Waals surface area contributed by atoms with E-state index in [0.29, 0.717) is 12.6 Å². The minimum atomic E-state index is 0. The monoisotopic (exact) mass is 503 g/mol. The highest BCUT2D eigenvalue weighted by Crippen LogP contribution is 2.18. The van der Waals surface area contributed by atoms with E-state index in [1.807, 2.05) is 13.2 Å². The third-order valence-corrected chi connectivity index (χ3v) is 4.80. The van der Waals surface area contributed by atoms with Crippen LogP contribution in [0.3, 0.4) is 0 Å². The first-order valence-corrected chi connectivity index (χ1v) is 10.2. The zero-order chi connectivity index (χ0) is 19.8. The number of aliphatic imine (C=N–C) groups is 1.